The van der Waals surface area contributed by atoms with E-state index in [9.17, 15) is 0 Å². The first-order valence-electron chi connectivity index (χ1n) is 18.4. The van der Waals surface area contributed by atoms with E-state index in [0.29, 0.717) is 5.41 Å². The van der Waals surface area contributed by atoms with Crippen molar-refractivity contribution < 1.29 is 4.42 Å². The molecule has 0 amide bonds. The van der Waals surface area contributed by atoms with E-state index in [4.69, 9.17) is 4.42 Å². The van der Waals surface area contributed by atoms with Crippen LogP contribution in [-0.2, 0) is 5.41 Å². The predicted molar refractivity (Wildman–Crippen MR) is 199 cm³/mol. The van der Waals surface area contributed by atoms with Gasteiger partial charge in [0.1, 0.15) is 11.2 Å². The van der Waals surface area contributed by atoms with Crippen LogP contribution in [-0.4, -0.2) is 4.57 Å². The van der Waals surface area contributed by atoms with Gasteiger partial charge < -0.3 is 8.98 Å². The molecule has 0 N–H and O–H groups in total. The summed E-state index contributed by atoms with van der Waals surface area (Å²) in [6.45, 7) is 0. The van der Waals surface area contributed by atoms with E-state index in [2.05, 4.69) is 126 Å². The van der Waals surface area contributed by atoms with Crippen molar-refractivity contribution in [3.63, 3.8) is 0 Å². The third-order valence-corrected chi connectivity index (χ3v) is 14.5. The first-order chi connectivity index (χ1) is 24.2. The highest BCUT2D eigenvalue weighted by Crippen LogP contribution is 2.84. The highest BCUT2D eigenvalue weighted by atomic mass is 16.3. The zero-order chi connectivity index (χ0) is 31.6. The lowest BCUT2D eigenvalue weighted by Gasteiger charge is -2.77. The van der Waals surface area contributed by atoms with Crippen molar-refractivity contribution in [2.24, 2.45) is 29.1 Å². The quantitative estimate of drug-likeness (QED) is 0.186. The number of fused-ring (bicyclic) bond motifs is 14. The lowest BCUT2D eigenvalue weighted by Crippen LogP contribution is -2.73. The fraction of sp³-hybridized carbons (Fsp3) is 0.234. The fourth-order valence-electron chi connectivity index (χ4n) is 12.8. The van der Waals surface area contributed by atoms with Crippen molar-refractivity contribution in [1.82, 2.24) is 4.57 Å². The molecule has 0 aliphatic heterocycles. The molecule has 2 spiro atoms. The third kappa shape index (κ3) is 2.92. The summed E-state index contributed by atoms with van der Waals surface area (Å²) in [7, 11) is 0. The van der Waals surface area contributed by atoms with Crippen molar-refractivity contribution in [3.05, 3.63) is 139 Å². The van der Waals surface area contributed by atoms with Gasteiger partial charge in [-0.2, -0.15) is 0 Å². The Morgan fingerprint density at radius 2 is 1.35 bits per heavy atom. The normalized spacial score (nSPS) is 28.6. The van der Waals surface area contributed by atoms with Gasteiger partial charge >= 0.3 is 0 Å². The summed E-state index contributed by atoms with van der Waals surface area (Å²) in [5, 5.41) is 4.94. The molecule has 2 nitrogen and oxygen atoms in total. The summed E-state index contributed by atoms with van der Waals surface area (Å²) in [6, 6.07) is 48.0. The molecule has 2 heterocycles. The van der Waals surface area contributed by atoms with Gasteiger partial charge in [-0.05, 0) is 143 Å². The topological polar surface area (TPSA) is 18.1 Å². The summed E-state index contributed by atoms with van der Waals surface area (Å²) >= 11 is 0. The number of rotatable bonds is 2. The molecule has 6 aromatic carbocycles. The minimum absolute atomic E-state index is 0.195. The van der Waals surface area contributed by atoms with Gasteiger partial charge in [-0.15, -0.1) is 0 Å². The Hall–Kier alpha value is -5.08. The van der Waals surface area contributed by atoms with Crippen molar-refractivity contribution in [3.8, 4) is 27.9 Å². The second-order valence-corrected chi connectivity index (χ2v) is 16.2. The Bertz CT molecular complexity index is 2760. The van der Waals surface area contributed by atoms with E-state index in [-0.39, 0.29) is 5.41 Å². The van der Waals surface area contributed by atoms with Crippen LogP contribution >= 0.6 is 0 Å². The van der Waals surface area contributed by atoms with E-state index in [1.54, 1.807) is 11.1 Å². The van der Waals surface area contributed by atoms with Crippen LogP contribution in [0.1, 0.15) is 43.2 Å². The number of para-hydroxylation sites is 2. The molecule has 6 unspecified atom stereocenters. The van der Waals surface area contributed by atoms with Gasteiger partial charge in [0.25, 0.3) is 0 Å². The molecule has 0 radical (unpaired) electrons. The Balaban J connectivity index is 0.994. The molecular weight excluding hydrogens is 595 g/mol. The highest BCUT2D eigenvalue weighted by Gasteiger charge is 2.79. The van der Waals surface area contributed by atoms with Gasteiger partial charge in [0.05, 0.1) is 11.0 Å². The van der Waals surface area contributed by atoms with Gasteiger partial charge in [0.2, 0.25) is 0 Å². The van der Waals surface area contributed by atoms with Gasteiger partial charge in [0, 0.05) is 32.6 Å². The molecule has 0 saturated heterocycles. The van der Waals surface area contributed by atoms with Crippen LogP contribution < -0.4 is 0 Å². The maximum Gasteiger partial charge on any atom is 0.136 e. The van der Waals surface area contributed by atoms with E-state index in [1.165, 1.54) is 92.6 Å². The molecule has 5 aliphatic rings. The number of nitrogens with zero attached hydrogens (tertiary/aromatic N) is 1. The summed E-state index contributed by atoms with van der Waals surface area (Å²) in [5.41, 5.74) is 15.2. The SMILES string of the molecule is c1ccc2c(c1)-c1ccc(-n3c4ccccc4c4cc(-c5ccc6c(c5)oc5ccccc56)ccc43)cc1C21C2CC3CCC4(C3)CC1C24. The molecule has 4 saturated carbocycles. The smallest absolute Gasteiger partial charge is 0.136 e. The molecule has 8 aromatic rings. The number of furan rings is 1. The third-order valence-electron chi connectivity index (χ3n) is 14.5. The van der Waals surface area contributed by atoms with Crippen molar-refractivity contribution >= 4 is 43.7 Å². The van der Waals surface area contributed by atoms with Crippen LogP contribution in [0.2, 0.25) is 0 Å². The summed E-state index contributed by atoms with van der Waals surface area (Å²) < 4.78 is 8.82. The standard InChI is InChI=1S/C47H35NO/c1-4-10-37-31(7-1)32-17-15-30(24-38(32)47(37)39-21-27-19-20-46(25-27)26-40(47)45(39)46)48-41-11-5-2-8-33(41)36-22-28(14-18-42(36)48)29-13-16-35-34-9-3-6-12-43(34)49-44(35)23-29/h1-18,22-24,27,39-40,45H,19-21,25-26H2. The minimum Gasteiger partial charge on any atom is -0.456 e. The largest absolute Gasteiger partial charge is 0.456 e. The number of hydrogen-bond donors (Lipinski definition) is 0. The van der Waals surface area contributed by atoms with Crippen molar-refractivity contribution in [2.45, 2.75) is 37.5 Å². The van der Waals surface area contributed by atoms with Crippen LogP contribution in [0.3, 0.4) is 0 Å². The average molecular weight is 630 g/mol. The Labute approximate surface area is 285 Å². The second-order valence-electron chi connectivity index (χ2n) is 16.2. The Morgan fingerprint density at radius 1 is 0.571 bits per heavy atom. The molecule has 2 heteroatoms. The zero-order valence-electron chi connectivity index (χ0n) is 27.3. The molecular formula is C47H35NO. The van der Waals surface area contributed by atoms with Gasteiger partial charge in [-0.25, -0.2) is 0 Å². The van der Waals surface area contributed by atoms with Crippen LogP contribution in [0.25, 0.3) is 71.7 Å². The van der Waals surface area contributed by atoms with E-state index in [0.717, 1.165) is 34.8 Å². The Kier molecular flexibility index (Phi) is 4.51. The summed E-state index contributed by atoms with van der Waals surface area (Å²) in [4.78, 5) is 0. The molecule has 4 fully saturated rings. The van der Waals surface area contributed by atoms with Crippen LogP contribution in [0.5, 0.6) is 0 Å². The first-order valence-corrected chi connectivity index (χ1v) is 18.4. The van der Waals surface area contributed by atoms with Crippen LogP contribution in [0, 0.1) is 29.1 Å². The molecule has 234 valence electrons. The van der Waals surface area contributed by atoms with Gasteiger partial charge in [-0.3, -0.25) is 0 Å². The maximum absolute atomic E-state index is 6.28. The molecule has 2 aromatic heterocycles. The molecule has 13 rings (SSSR count). The zero-order valence-corrected chi connectivity index (χ0v) is 27.3. The lowest BCUT2D eigenvalue weighted by molar-refractivity contribution is -0.235. The Morgan fingerprint density at radius 3 is 2.33 bits per heavy atom. The minimum atomic E-state index is 0.195. The summed E-state index contributed by atoms with van der Waals surface area (Å²) in [6.07, 6.45) is 7.36. The van der Waals surface area contributed by atoms with Crippen LogP contribution in [0.4, 0.5) is 0 Å². The average Bonchev–Trinajstić information content (AvgIpc) is 3.88. The number of benzene rings is 6. The summed E-state index contributed by atoms with van der Waals surface area (Å²) in [5.74, 6) is 3.49. The predicted octanol–water partition coefficient (Wildman–Crippen LogP) is 12.1. The molecule has 2 bridgehead atoms. The van der Waals surface area contributed by atoms with E-state index >= 15 is 0 Å². The van der Waals surface area contributed by atoms with Gasteiger partial charge in [0.15, 0.2) is 0 Å². The van der Waals surface area contributed by atoms with Crippen molar-refractivity contribution in [2.75, 3.05) is 0 Å². The second kappa shape index (κ2) is 8.55. The first kappa shape index (κ1) is 25.9. The lowest BCUT2D eigenvalue weighted by atomic mass is 9.27. The van der Waals surface area contributed by atoms with E-state index < -0.39 is 0 Å². The molecule has 49 heavy (non-hydrogen) atoms. The van der Waals surface area contributed by atoms with Crippen LogP contribution in [0.15, 0.2) is 132 Å². The molecule has 6 atom stereocenters. The monoisotopic (exact) mass is 629 g/mol. The number of aromatic nitrogens is 1. The van der Waals surface area contributed by atoms with E-state index in [1.807, 2.05) is 6.07 Å². The van der Waals surface area contributed by atoms with Crippen molar-refractivity contribution in [1.29, 1.82) is 0 Å². The van der Waals surface area contributed by atoms with Gasteiger partial charge in [-0.1, -0.05) is 78.9 Å². The number of hydrogen-bond acceptors (Lipinski definition) is 1. The molecule has 5 aliphatic carbocycles. The highest BCUT2D eigenvalue weighted by molar-refractivity contribution is 6.11. The maximum atomic E-state index is 6.28. The fourth-order valence-corrected chi connectivity index (χ4v) is 12.8.